The van der Waals surface area contributed by atoms with Gasteiger partial charge in [-0.1, -0.05) is 36.4 Å². The predicted octanol–water partition coefficient (Wildman–Crippen LogP) is 2.96. The van der Waals surface area contributed by atoms with Crippen LogP contribution in [0.5, 0.6) is 0 Å². The highest BCUT2D eigenvalue weighted by Crippen LogP contribution is 2.21. The molecule has 0 aromatic heterocycles. The van der Waals surface area contributed by atoms with Gasteiger partial charge >= 0.3 is 6.09 Å². The highest BCUT2D eigenvalue weighted by atomic mass is 16.5. The second-order valence-corrected chi connectivity index (χ2v) is 6.65. The molecule has 2 aromatic carbocycles. The van der Waals surface area contributed by atoms with Crippen LogP contribution in [0.2, 0.25) is 0 Å². The minimum atomic E-state index is -0.503. The van der Waals surface area contributed by atoms with E-state index < -0.39 is 6.09 Å². The van der Waals surface area contributed by atoms with Crippen molar-refractivity contribution in [1.82, 2.24) is 5.32 Å². The normalized spacial score (nSPS) is 16.9. The number of carbonyl (C=O) groups is 2. The van der Waals surface area contributed by atoms with Gasteiger partial charge in [0, 0.05) is 12.2 Å². The highest BCUT2D eigenvalue weighted by Gasteiger charge is 2.28. The molecule has 0 saturated carbocycles. The molecule has 2 aromatic rings. The van der Waals surface area contributed by atoms with Gasteiger partial charge in [-0.3, -0.25) is 4.79 Å². The Balaban J connectivity index is 1.51. The molecule has 0 bridgehead atoms. The molecule has 2 amide bonds. The highest BCUT2D eigenvalue weighted by molar-refractivity contribution is 5.95. The Labute approximate surface area is 159 Å². The first-order valence-electron chi connectivity index (χ1n) is 8.96. The van der Waals surface area contributed by atoms with E-state index in [2.05, 4.69) is 5.32 Å². The van der Waals surface area contributed by atoms with E-state index in [1.54, 1.807) is 4.90 Å². The molecule has 142 valence electrons. The van der Waals surface area contributed by atoms with E-state index in [-0.39, 0.29) is 31.8 Å². The van der Waals surface area contributed by atoms with Crippen LogP contribution in [0.3, 0.4) is 0 Å². The number of nitrogens with zero attached hydrogens (tertiary/aromatic N) is 1. The standard InChI is InChI=1S/C21H24N2O4/c1-15-8-9-18(10-16(15)2)23-12-19(26-14-20(23)24)11-22-21(25)27-13-17-6-4-3-5-7-17/h3-10,19H,11-14H2,1-2H3,(H,22,25). The van der Waals surface area contributed by atoms with Crippen molar-refractivity contribution in [3.05, 3.63) is 65.2 Å². The zero-order valence-corrected chi connectivity index (χ0v) is 15.6. The van der Waals surface area contributed by atoms with Crippen LogP contribution in [0.15, 0.2) is 48.5 Å². The van der Waals surface area contributed by atoms with E-state index in [0.29, 0.717) is 6.54 Å². The average molecular weight is 368 g/mol. The lowest BCUT2D eigenvalue weighted by atomic mass is 10.1. The molecule has 1 N–H and O–H groups in total. The number of hydrogen-bond acceptors (Lipinski definition) is 4. The molecule has 1 fully saturated rings. The number of hydrogen-bond donors (Lipinski definition) is 1. The van der Waals surface area contributed by atoms with Crippen LogP contribution in [0.25, 0.3) is 0 Å². The van der Waals surface area contributed by atoms with Crippen LogP contribution in [-0.2, 0) is 20.9 Å². The van der Waals surface area contributed by atoms with Gasteiger partial charge in [-0.05, 0) is 42.7 Å². The first-order chi connectivity index (χ1) is 13.0. The van der Waals surface area contributed by atoms with E-state index >= 15 is 0 Å². The summed E-state index contributed by atoms with van der Waals surface area (Å²) >= 11 is 0. The second-order valence-electron chi connectivity index (χ2n) is 6.65. The molecule has 0 spiro atoms. The Morgan fingerprint density at radius 2 is 1.96 bits per heavy atom. The third kappa shape index (κ3) is 5.08. The van der Waals surface area contributed by atoms with Crippen molar-refractivity contribution in [2.75, 3.05) is 24.6 Å². The first-order valence-corrected chi connectivity index (χ1v) is 8.96. The average Bonchev–Trinajstić information content (AvgIpc) is 2.68. The minimum Gasteiger partial charge on any atom is -0.445 e. The Kier molecular flexibility index (Phi) is 6.08. The van der Waals surface area contributed by atoms with Crippen molar-refractivity contribution < 1.29 is 19.1 Å². The number of anilines is 1. The van der Waals surface area contributed by atoms with Crippen LogP contribution in [0, 0.1) is 13.8 Å². The number of ether oxygens (including phenoxy) is 2. The molecule has 1 atom stereocenters. The lowest BCUT2D eigenvalue weighted by Crippen LogP contribution is -2.50. The number of alkyl carbamates (subject to hydrolysis) is 1. The molecule has 6 nitrogen and oxygen atoms in total. The molecular formula is C21H24N2O4. The van der Waals surface area contributed by atoms with Gasteiger partial charge in [-0.15, -0.1) is 0 Å². The van der Waals surface area contributed by atoms with E-state index in [1.807, 2.05) is 62.4 Å². The molecule has 6 heteroatoms. The number of rotatable bonds is 5. The van der Waals surface area contributed by atoms with Gasteiger partial charge in [0.25, 0.3) is 5.91 Å². The van der Waals surface area contributed by atoms with Crippen LogP contribution in [0.4, 0.5) is 10.5 Å². The Hall–Kier alpha value is -2.86. The molecule has 0 radical (unpaired) electrons. The van der Waals surface area contributed by atoms with Gasteiger partial charge in [0.05, 0.1) is 12.6 Å². The largest absolute Gasteiger partial charge is 0.445 e. The maximum Gasteiger partial charge on any atom is 0.407 e. The van der Waals surface area contributed by atoms with Gasteiger partial charge in [0.2, 0.25) is 0 Å². The summed E-state index contributed by atoms with van der Waals surface area (Å²) in [6, 6.07) is 15.4. The summed E-state index contributed by atoms with van der Waals surface area (Å²) in [5, 5.41) is 2.71. The maximum absolute atomic E-state index is 12.2. The third-order valence-corrected chi connectivity index (χ3v) is 4.62. The first kappa shape index (κ1) is 18.9. The topological polar surface area (TPSA) is 67.9 Å². The van der Waals surface area contributed by atoms with E-state index in [1.165, 1.54) is 5.56 Å². The van der Waals surface area contributed by atoms with Crippen molar-refractivity contribution in [2.24, 2.45) is 0 Å². The molecule has 1 aliphatic rings. The van der Waals surface area contributed by atoms with Crippen LogP contribution >= 0.6 is 0 Å². The fraction of sp³-hybridized carbons (Fsp3) is 0.333. The van der Waals surface area contributed by atoms with E-state index in [4.69, 9.17) is 9.47 Å². The Bertz CT molecular complexity index is 807. The molecule has 1 saturated heterocycles. The van der Waals surface area contributed by atoms with Crippen molar-refractivity contribution in [3.63, 3.8) is 0 Å². The van der Waals surface area contributed by atoms with E-state index in [0.717, 1.165) is 16.8 Å². The maximum atomic E-state index is 12.2. The fourth-order valence-corrected chi connectivity index (χ4v) is 2.86. The third-order valence-electron chi connectivity index (χ3n) is 4.62. The molecule has 1 heterocycles. The Morgan fingerprint density at radius 3 is 2.70 bits per heavy atom. The van der Waals surface area contributed by atoms with Gasteiger partial charge in [-0.2, -0.15) is 0 Å². The van der Waals surface area contributed by atoms with Crippen molar-refractivity contribution in [1.29, 1.82) is 0 Å². The summed E-state index contributed by atoms with van der Waals surface area (Å²) in [6.07, 6.45) is -0.786. The lowest BCUT2D eigenvalue weighted by Gasteiger charge is -2.33. The summed E-state index contributed by atoms with van der Waals surface area (Å²) in [7, 11) is 0. The SMILES string of the molecule is Cc1ccc(N2CC(CNC(=O)OCc3ccccc3)OCC2=O)cc1C. The van der Waals surface area contributed by atoms with E-state index in [9.17, 15) is 9.59 Å². The van der Waals surface area contributed by atoms with Crippen molar-refractivity contribution in [2.45, 2.75) is 26.6 Å². The summed E-state index contributed by atoms with van der Waals surface area (Å²) in [5.41, 5.74) is 4.08. The number of morpholine rings is 1. The molecule has 1 aliphatic heterocycles. The smallest absolute Gasteiger partial charge is 0.407 e. The summed E-state index contributed by atoms with van der Waals surface area (Å²) < 4.78 is 10.7. The number of carbonyl (C=O) groups excluding carboxylic acids is 2. The summed E-state index contributed by atoms with van der Waals surface area (Å²) in [4.78, 5) is 25.8. The second kappa shape index (κ2) is 8.68. The van der Waals surface area contributed by atoms with Gasteiger partial charge < -0.3 is 19.7 Å². The van der Waals surface area contributed by atoms with Crippen LogP contribution in [0.1, 0.15) is 16.7 Å². The van der Waals surface area contributed by atoms with Gasteiger partial charge in [-0.25, -0.2) is 4.79 Å². The zero-order chi connectivity index (χ0) is 19.2. The summed E-state index contributed by atoms with van der Waals surface area (Å²) in [6.45, 7) is 4.94. The Morgan fingerprint density at radius 1 is 1.19 bits per heavy atom. The molecule has 1 unspecified atom stereocenters. The molecule has 27 heavy (non-hydrogen) atoms. The number of amides is 2. The van der Waals surface area contributed by atoms with Gasteiger partial charge in [0.1, 0.15) is 13.2 Å². The minimum absolute atomic E-state index is 0.00165. The van der Waals surface area contributed by atoms with Crippen LogP contribution in [-0.4, -0.2) is 37.8 Å². The zero-order valence-electron chi connectivity index (χ0n) is 15.6. The quantitative estimate of drug-likeness (QED) is 0.881. The molecule has 3 rings (SSSR count). The summed E-state index contributed by atoms with van der Waals surface area (Å²) in [5.74, 6) is -0.0823. The predicted molar refractivity (Wildman–Crippen MR) is 103 cm³/mol. The number of nitrogens with one attached hydrogen (secondary N) is 1. The van der Waals surface area contributed by atoms with Crippen molar-refractivity contribution >= 4 is 17.7 Å². The van der Waals surface area contributed by atoms with Crippen molar-refractivity contribution in [3.8, 4) is 0 Å². The monoisotopic (exact) mass is 368 g/mol. The number of aryl methyl sites for hydroxylation is 2. The fourth-order valence-electron chi connectivity index (χ4n) is 2.86. The molecule has 0 aliphatic carbocycles. The van der Waals surface area contributed by atoms with Gasteiger partial charge in [0.15, 0.2) is 0 Å². The number of benzene rings is 2. The molecular weight excluding hydrogens is 344 g/mol. The lowest BCUT2D eigenvalue weighted by molar-refractivity contribution is -0.129. The van der Waals surface area contributed by atoms with Crippen LogP contribution < -0.4 is 10.2 Å².